The van der Waals surface area contributed by atoms with Gasteiger partial charge in [-0.1, -0.05) is 72.8 Å². The minimum absolute atomic E-state index is 0.381. The highest BCUT2D eigenvalue weighted by molar-refractivity contribution is 5.69. The van der Waals surface area contributed by atoms with Gasteiger partial charge < -0.3 is 5.32 Å². The molecule has 1 heteroatoms. The van der Waals surface area contributed by atoms with Crippen LogP contribution in [-0.2, 0) is 6.42 Å². The number of anilines is 1. The van der Waals surface area contributed by atoms with Gasteiger partial charge in [0.1, 0.15) is 0 Å². The van der Waals surface area contributed by atoms with Crippen LogP contribution in [0.4, 0.5) is 5.69 Å². The molecule has 4 rings (SSSR count). The second-order valence-corrected chi connectivity index (χ2v) is 5.85. The first-order chi connectivity index (χ1) is 10.9. The Morgan fingerprint density at radius 1 is 0.727 bits per heavy atom. The average molecular weight is 285 g/mol. The molecule has 108 valence electrons. The van der Waals surface area contributed by atoms with Gasteiger partial charge in [0, 0.05) is 5.69 Å². The van der Waals surface area contributed by atoms with Crippen molar-refractivity contribution in [3.05, 3.63) is 90.0 Å². The van der Waals surface area contributed by atoms with Gasteiger partial charge in [-0.05, 0) is 41.2 Å². The molecular formula is C21H19N. The Morgan fingerprint density at radius 3 is 2.36 bits per heavy atom. The highest BCUT2D eigenvalue weighted by atomic mass is 14.9. The van der Waals surface area contributed by atoms with Gasteiger partial charge >= 0.3 is 0 Å². The van der Waals surface area contributed by atoms with Gasteiger partial charge in [-0.15, -0.1) is 0 Å². The van der Waals surface area contributed by atoms with Crippen LogP contribution in [0.25, 0.3) is 11.1 Å². The maximum absolute atomic E-state index is 3.72. The maximum Gasteiger partial charge on any atom is 0.0523 e. The summed E-state index contributed by atoms with van der Waals surface area (Å²) in [6.45, 7) is 0. The van der Waals surface area contributed by atoms with E-state index in [1.165, 1.54) is 27.9 Å². The fourth-order valence-electron chi connectivity index (χ4n) is 3.35. The van der Waals surface area contributed by atoms with Crippen LogP contribution in [0.5, 0.6) is 0 Å². The third-order valence-electron chi connectivity index (χ3n) is 4.47. The smallest absolute Gasteiger partial charge is 0.0523 e. The zero-order valence-corrected chi connectivity index (χ0v) is 12.5. The first-order valence-corrected chi connectivity index (χ1v) is 7.90. The van der Waals surface area contributed by atoms with Crippen LogP contribution in [0.2, 0.25) is 0 Å². The number of benzene rings is 3. The normalized spacial score (nSPS) is 16.6. The van der Waals surface area contributed by atoms with Gasteiger partial charge in [0.2, 0.25) is 0 Å². The molecule has 0 amide bonds. The topological polar surface area (TPSA) is 12.0 Å². The van der Waals surface area contributed by atoms with Crippen molar-refractivity contribution in [1.82, 2.24) is 0 Å². The van der Waals surface area contributed by atoms with Crippen LogP contribution in [0.1, 0.15) is 23.6 Å². The second kappa shape index (κ2) is 5.69. The summed E-state index contributed by atoms with van der Waals surface area (Å²) in [6.07, 6.45) is 2.28. The Labute approximate surface area is 131 Å². The summed E-state index contributed by atoms with van der Waals surface area (Å²) >= 11 is 0. The fourth-order valence-corrected chi connectivity index (χ4v) is 3.35. The molecule has 0 radical (unpaired) electrons. The van der Waals surface area contributed by atoms with Crippen LogP contribution >= 0.6 is 0 Å². The number of rotatable bonds is 2. The highest BCUT2D eigenvalue weighted by Gasteiger charge is 2.21. The zero-order valence-electron chi connectivity index (χ0n) is 12.5. The molecular weight excluding hydrogens is 266 g/mol. The summed E-state index contributed by atoms with van der Waals surface area (Å²) in [5, 5.41) is 3.72. The van der Waals surface area contributed by atoms with Crippen molar-refractivity contribution >= 4 is 5.69 Å². The van der Waals surface area contributed by atoms with E-state index in [2.05, 4.69) is 84.2 Å². The molecule has 0 saturated carbocycles. The molecule has 1 unspecified atom stereocenters. The molecule has 1 heterocycles. The lowest BCUT2D eigenvalue weighted by molar-refractivity contribution is 0.669. The first-order valence-electron chi connectivity index (χ1n) is 7.90. The van der Waals surface area contributed by atoms with Gasteiger partial charge in [-0.25, -0.2) is 0 Å². The van der Waals surface area contributed by atoms with Gasteiger partial charge in [0.05, 0.1) is 6.04 Å². The minimum Gasteiger partial charge on any atom is -0.378 e. The van der Waals surface area contributed by atoms with E-state index in [1.807, 2.05) is 0 Å². The monoisotopic (exact) mass is 285 g/mol. The SMILES string of the molecule is c1ccc(-c2ccccc2C2CCc3ccccc3N2)cc1. The van der Waals surface area contributed by atoms with E-state index >= 15 is 0 Å². The van der Waals surface area contributed by atoms with E-state index in [0.717, 1.165) is 12.8 Å². The molecule has 1 aliphatic heterocycles. The molecule has 0 spiro atoms. The summed E-state index contributed by atoms with van der Waals surface area (Å²) in [7, 11) is 0. The van der Waals surface area contributed by atoms with E-state index < -0.39 is 0 Å². The van der Waals surface area contributed by atoms with E-state index in [9.17, 15) is 0 Å². The number of fused-ring (bicyclic) bond motifs is 1. The molecule has 1 N–H and O–H groups in total. The van der Waals surface area contributed by atoms with Crippen molar-refractivity contribution < 1.29 is 0 Å². The molecule has 0 bridgehead atoms. The quantitative estimate of drug-likeness (QED) is 0.660. The minimum atomic E-state index is 0.381. The molecule has 1 aliphatic rings. The van der Waals surface area contributed by atoms with Crippen molar-refractivity contribution in [2.45, 2.75) is 18.9 Å². The fraction of sp³-hybridized carbons (Fsp3) is 0.143. The van der Waals surface area contributed by atoms with E-state index in [4.69, 9.17) is 0 Å². The number of aryl methyl sites for hydroxylation is 1. The Morgan fingerprint density at radius 2 is 1.45 bits per heavy atom. The lowest BCUT2D eigenvalue weighted by Crippen LogP contribution is -2.18. The number of nitrogens with one attached hydrogen (secondary N) is 1. The zero-order chi connectivity index (χ0) is 14.8. The van der Waals surface area contributed by atoms with Gasteiger partial charge in [0.15, 0.2) is 0 Å². The Hall–Kier alpha value is -2.54. The maximum atomic E-state index is 3.72. The molecule has 1 nitrogen and oxygen atoms in total. The Balaban J connectivity index is 1.73. The lowest BCUT2D eigenvalue weighted by Gasteiger charge is -2.29. The van der Waals surface area contributed by atoms with E-state index in [0.29, 0.717) is 6.04 Å². The van der Waals surface area contributed by atoms with Crippen LogP contribution < -0.4 is 5.32 Å². The predicted octanol–water partition coefficient (Wildman–Crippen LogP) is 5.45. The molecule has 1 atom stereocenters. The van der Waals surface area contributed by atoms with Crippen LogP contribution in [0.3, 0.4) is 0 Å². The molecule has 22 heavy (non-hydrogen) atoms. The number of hydrogen-bond donors (Lipinski definition) is 1. The molecule has 0 aliphatic carbocycles. The van der Waals surface area contributed by atoms with E-state index in [1.54, 1.807) is 0 Å². The largest absolute Gasteiger partial charge is 0.378 e. The van der Waals surface area contributed by atoms with Crippen LogP contribution in [0.15, 0.2) is 78.9 Å². The Kier molecular flexibility index (Phi) is 3.40. The van der Waals surface area contributed by atoms with Gasteiger partial charge in [-0.2, -0.15) is 0 Å². The summed E-state index contributed by atoms with van der Waals surface area (Å²) in [6, 6.07) is 28.4. The highest BCUT2D eigenvalue weighted by Crippen LogP contribution is 2.36. The average Bonchev–Trinajstić information content (AvgIpc) is 2.62. The van der Waals surface area contributed by atoms with Crippen LogP contribution in [-0.4, -0.2) is 0 Å². The van der Waals surface area contributed by atoms with Gasteiger partial charge in [-0.3, -0.25) is 0 Å². The molecule has 0 aromatic heterocycles. The van der Waals surface area contributed by atoms with E-state index in [-0.39, 0.29) is 0 Å². The molecule has 0 saturated heterocycles. The van der Waals surface area contributed by atoms with Crippen molar-refractivity contribution in [2.75, 3.05) is 5.32 Å². The Bertz CT molecular complexity index is 777. The van der Waals surface area contributed by atoms with Gasteiger partial charge in [0.25, 0.3) is 0 Å². The summed E-state index contributed by atoms with van der Waals surface area (Å²) in [5.41, 5.74) is 6.72. The predicted molar refractivity (Wildman–Crippen MR) is 93.0 cm³/mol. The third-order valence-corrected chi connectivity index (χ3v) is 4.47. The second-order valence-electron chi connectivity index (χ2n) is 5.85. The summed E-state index contributed by atoms with van der Waals surface area (Å²) in [5.74, 6) is 0. The first kappa shape index (κ1) is 13.1. The summed E-state index contributed by atoms with van der Waals surface area (Å²) in [4.78, 5) is 0. The summed E-state index contributed by atoms with van der Waals surface area (Å²) < 4.78 is 0. The lowest BCUT2D eigenvalue weighted by atomic mass is 9.89. The van der Waals surface area contributed by atoms with Crippen molar-refractivity contribution in [3.8, 4) is 11.1 Å². The standard InChI is InChI=1S/C21H19N/c1-2-8-16(9-3-1)18-11-5-6-12-19(18)21-15-14-17-10-4-7-13-20(17)22-21/h1-13,21-22H,14-15H2. The number of para-hydroxylation sites is 1. The van der Waals surface area contributed by atoms with Crippen molar-refractivity contribution in [3.63, 3.8) is 0 Å². The molecule has 3 aromatic carbocycles. The van der Waals surface area contributed by atoms with Crippen molar-refractivity contribution in [2.24, 2.45) is 0 Å². The van der Waals surface area contributed by atoms with Crippen molar-refractivity contribution in [1.29, 1.82) is 0 Å². The molecule has 0 fully saturated rings. The van der Waals surface area contributed by atoms with Crippen LogP contribution in [0, 0.1) is 0 Å². The third kappa shape index (κ3) is 2.39. The molecule has 3 aromatic rings. The number of hydrogen-bond acceptors (Lipinski definition) is 1.